The fraction of sp³-hybridized carbons (Fsp3) is 0.370. The molecule has 0 spiro atoms. The number of oxazole rings is 1. The number of phenols is 1. The van der Waals surface area contributed by atoms with E-state index in [-0.39, 0.29) is 29.8 Å². The number of aromatic nitrogens is 1. The first kappa shape index (κ1) is 26.3. The number of benzene rings is 2. The van der Waals surface area contributed by atoms with Crippen LogP contribution in [0.2, 0.25) is 5.02 Å². The van der Waals surface area contributed by atoms with Crippen molar-refractivity contribution in [3.8, 4) is 23.0 Å². The van der Waals surface area contributed by atoms with E-state index >= 15 is 0 Å². The molecule has 0 aliphatic carbocycles. The number of carbonyl (C=O) groups is 2. The summed E-state index contributed by atoms with van der Waals surface area (Å²) in [6.45, 7) is 9.00. The smallest absolute Gasteiger partial charge is 0.347 e. The van der Waals surface area contributed by atoms with Crippen molar-refractivity contribution < 1.29 is 29.0 Å². The summed E-state index contributed by atoms with van der Waals surface area (Å²) >= 11 is 5.93. The highest BCUT2D eigenvalue weighted by molar-refractivity contribution is 6.30. The number of hydrogen-bond acceptors (Lipinski definition) is 6. The van der Waals surface area contributed by atoms with E-state index in [0.717, 1.165) is 0 Å². The summed E-state index contributed by atoms with van der Waals surface area (Å²) in [4.78, 5) is 29.0. The van der Waals surface area contributed by atoms with Crippen LogP contribution in [0.4, 0.5) is 0 Å². The predicted octanol–water partition coefficient (Wildman–Crippen LogP) is 6.58. The second-order valence-corrected chi connectivity index (χ2v) is 9.48. The molecular weight excluding hydrogens is 470 g/mol. The average molecular weight is 500 g/mol. The molecule has 0 bridgehead atoms. The van der Waals surface area contributed by atoms with Gasteiger partial charge in [-0.15, -0.1) is 0 Å². The van der Waals surface area contributed by atoms with Crippen LogP contribution >= 0.6 is 11.6 Å². The molecule has 0 fully saturated rings. The molecule has 0 saturated carbocycles. The summed E-state index contributed by atoms with van der Waals surface area (Å²) in [5.74, 6) is 0.256. The van der Waals surface area contributed by atoms with E-state index in [1.807, 2.05) is 13.8 Å². The molecule has 1 heterocycles. The Bertz CT molecular complexity index is 1250. The van der Waals surface area contributed by atoms with Crippen molar-refractivity contribution in [3.63, 3.8) is 0 Å². The minimum Gasteiger partial charge on any atom is -0.507 e. The van der Waals surface area contributed by atoms with E-state index in [1.54, 1.807) is 44.2 Å². The molecule has 0 amide bonds. The Hall–Kier alpha value is -3.32. The maximum absolute atomic E-state index is 12.9. The quantitative estimate of drug-likeness (QED) is 0.303. The fourth-order valence-corrected chi connectivity index (χ4v) is 3.78. The minimum absolute atomic E-state index is 0.0310. The summed E-state index contributed by atoms with van der Waals surface area (Å²) in [6.07, 6.45) is 0.877. The number of aliphatic carboxylic acids is 1. The zero-order chi connectivity index (χ0) is 25.9. The highest BCUT2D eigenvalue weighted by Gasteiger charge is 2.34. The number of carboxylic acids is 1. The van der Waals surface area contributed by atoms with Crippen LogP contribution < -0.4 is 4.74 Å². The maximum Gasteiger partial charge on any atom is 0.347 e. The van der Waals surface area contributed by atoms with Crippen LogP contribution in [0.25, 0.3) is 11.5 Å². The van der Waals surface area contributed by atoms with E-state index in [0.29, 0.717) is 51.8 Å². The molecule has 2 aromatic carbocycles. The number of halogens is 1. The standard InChI is InChI=1S/C27H30ClNO6/c1-6-27(5,26(32)33)35-23-12-7-17(13-16(23)4)21(30)11-10-20-24(15(2)3)34-25(29-20)19-9-8-18(28)14-22(19)31/h7-9,12-15,31H,6,10-11H2,1-5H3,(H,32,33). The number of ether oxygens (including phenoxy) is 1. The van der Waals surface area contributed by atoms with Crippen molar-refractivity contribution in [1.82, 2.24) is 4.98 Å². The Morgan fingerprint density at radius 2 is 1.91 bits per heavy atom. The molecular formula is C27H30ClNO6. The molecule has 1 aromatic heterocycles. The molecule has 1 atom stereocenters. The van der Waals surface area contributed by atoms with Crippen molar-refractivity contribution >= 4 is 23.4 Å². The van der Waals surface area contributed by atoms with Gasteiger partial charge >= 0.3 is 5.97 Å². The number of nitrogens with zero attached hydrogens (tertiary/aromatic N) is 1. The zero-order valence-electron chi connectivity index (χ0n) is 20.5. The lowest BCUT2D eigenvalue weighted by Crippen LogP contribution is -2.40. The first-order chi connectivity index (χ1) is 16.4. The van der Waals surface area contributed by atoms with Crippen LogP contribution in [0, 0.1) is 6.92 Å². The maximum atomic E-state index is 12.9. The number of rotatable bonds is 10. The number of phenolic OH excluding ortho intramolecular Hbond substituents is 1. The van der Waals surface area contributed by atoms with Crippen LogP contribution in [-0.2, 0) is 11.2 Å². The molecule has 0 radical (unpaired) electrons. The van der Waals surface area contributed by atoms with Gasteiger partial charge in [-0.25, -0.2) is 9.78 Å². The predicted molar refractivity (Wildman–Crippen MR) is 133 cm³/mol. The minimum atomic E-state index is -1.34. The summed E-state index contributed by atoms with van der Waals surface area (Å²) in [5.41, 5.74) is 0.942. The lowest BCUT2D eigenvalue weighted by atomic mass is 10.00. The third kappa shape index (κ3) is 5.85. The monoisotopic (exact) mass is 499 g/mol. The third-order valence-corrected chi connectivity index (χ3v) is 6.23. The van der Waals surface area contributed by atoms with Crippen LogP contribution in [0.1, 0.15) is 73.8 Å². The molecule has 7 nitrogen and oxygen atoms in total. The van der Waals surface area contributed by atoms with Gasteiger partial charge in [0.25, 0.3) is 0 Å². The van der Waals surface area contributed by atoms with Gasteiger partial charge in [0.05, 0.1) is 11.3 Å². The molecule has 0 aliphatic rings. The molecule has 0 saturated heterocycles. The Kier molecular flexibility index (Phi) is 7.90. The fourth-order valence-electron chi connectivity index (χ4n) is 3.62. The number of ketones is 1. The highest BCUT2D eigenvalue weighted by Crippen LogP contribution is 2.34. The van der Waals surface area contributed by atoms with Gasteiger partial charge in [0.15, 0.2) is 5.78 Å². The van der Waals surface area contributed by atoms with Gasteiger partial charge in [0.2, 0.25) is 11.5 Å². The first-order valence-corrected chi connectivity index (χ1v) is 11.9. The number of aromatic hydroxyl groups is 1. The molecule has 35 heavy (non-hydrogen) atoms. The molecule has 0 aliphatic heterocycles. The number of carboxylic acid groups (broad SMARTS) is 1. The molecule has 3 aromatic rings. The highest BCUT2D eigenvalue weighted by atomic mass is 35.5. The number of aryl methyl sites for hydroxylation is 2. The largest absolute Gasteiger partial charge is 0.507 e. The lowest BCUT2D eigenvalue weighted by Gasteiger charge is -2.26. The van der Waals surface area contributed by atoms with Gasteiger partial charge in [-0.1, -0.05) is 32.4 Å². The normalized spacial score (nSPS) is 13.0. The van der Waals surface area contributed by atoms with Gasteiger partial charge in [-0.05, 0) is 62.2 Å². The molecule has 3 rings (SSSR count). The molecule has 186 valence electrons. The zero-order valence-corrected chi connectivity index (χ0v) is 21.3. The van der Waals surface area contributed by atoms with Crippen molar-refractivity contribution in [2.24, 2.45) is 0 Å². The van der Waals surface area contributed by atoms with Gasteiger partial charge in [0, 0.05) is 29.3 Å². The third-order valence-electron chi connectivity index (χ3n) is 5.99. The van der Waals surface area contributed by atoms with Gasteiger partial charge < -0.3 is 19.4 Å². The molecule has 1 unspecified atom stereocenters. The molecule has 2 N–H and O–H groups in total. The second-order valence-electron chi connectivity index (χ2n) is 9.04. The Labute approximate surface area is 209 Å². The lowest BCUT2D eigenvalue weighted by molar-refractivity contribution is -0.154. The SMILES string of the molecule is CCC(C)(Oc1ccc(C(=O)CCc2nc(-c3ccc(Cl)cc3O)oc2C(C)C)cc1C)C(=O)O. The van der Waals surface area contributed by atoms with Crippen LogP contribution in [0.15, 0.2) is 40.8 Å². The van der Waals surface area contributed by atoms with E-state index in [2.05, 4.69) is 4.98 Å². The van der Waals surface area contributed by atoms with E-state index in [9.17, 15) is 19.8 Å². The van der Waals surface area contributed by atoms with Crippen LogP contribution in [0.5, 0.6) is 11.5 Å². The van der Waals surface area contributed by atoms with Crippen molar-refractivity contribution in [2.45, 2.75) is 65.4 Å². The topological polar surface area (TPSA) is 110 Å². The number of carbonyl (C=O) groups excluding carboxylic acids is 1. The Morgan fingerprint density at radius 1 is 1.20 bits per heavy atom. The van der Waals surface area contributed by atoms with E-state index in [4.69, 9.17) is 20.8 Å². The van der Waals surface area contributed by atoms with Gasteiger partial charge in [-0.3, -0.25) is 4.79 Å². The van der Waals surface area contributed by atoms with Gasteiger partial charge in [0.1, 0.15) is 17.3 Å². The summed E-state index contributed by atoms with van der Waals surface area (Å²) < 4.78 is 11.7. The Balaban J connectivity index is 1.77. The summed E-state index contributed by atoms with van der Waals surface area (Å²) in [6, 6.07) is 9.70. The summed E-state index contributed by atoms with van der Waals surface area (Å²) in [7, 11) is 0. The van der Waals surface area contributed by atoms with Crippen molar-refractivity contribution in [2.75, 3.05) is 0 Å². The van der Waals surface area contributed by atoms with Gasteiger partial charge in [-0.2, -0.15) is 0 Å². The summed E-state index contributed by atoms with van der Waals surface area (Å²) in [5, 5.41) is 20.1. The van der Waals surface area contributed by atoms with E-state index in [1.165, 1.54) is 13.0 Å². The van der Waals surface area contributed by atoms with Crippen molar-refractivity contribution in [3.05, 3.63) is 64.0 Å². The molecule has 8 heteroatoms. The number of Topliss-reactive ketones (excluding diaryl/α,β-unsaturated/α-hetero) is 1. The first-order valence-electron chi connectivity index (χ1n) is 11.5. The Morgan fingerprint density at radius 3 is 2.49 bits per heavy atom. The second kappa shape index (κ2) is 10.5. The number of hydrogen-bond donors (Lipinski definition) is 2. The van der Waals surface area contributed by atoms with Crippen LogP contribution in [-0.4, -0.2) is 32.6 Å². The van der Waals surface area contributed by atoms with Crippen LogP contribution in [0.3, 0.4) is 0 Å². The van der Waals surface area contributed by atoms with Crippen molar-refractivity contribution in [1.29, 1.82) is 0 Å². The average Bonchev–Trinajstić information content (AvgIpc) is 3.22. The van der Waals surface area contributed by atoms with E-state index < -0.39 is 11.6 Å².